The summed E-state index contributed by atoms with van der Waals surface area (Å²) in [7, 11) is 1.31. The van der Waals surface area contributed by atoms with Crippen LogP contribution in [0.2, 0.25) is 0 Å². The maximum Gasteiger partial charge on any atom is 0.321 e. The minimum Gasteiger partial charge on any atom is -0.468 e. The lowest BCUT2D eigenvalue weighted by Crippen LogP contribution is -2.34. The van der Waals surface area contributed by atoms with Crippen LogP contribution in [0.15, 0.2) is 0 Å². The number of esters is 1. The molecule has 0 aliphatic carbocycles. The van der Waals surface area contributed by atoms with E-state index in [1.807, 2.05) is 6.26 Å². The van der Waals surface area contributed by atoms with Crippen molar-refractivity contribution >= 4 is 39.6 Å². The predicted molar refractivity (Wildman–Crippen MR) is 56.1 cm³/mol. The summed E-state index contributed by atoms with van der Waals surface area (Å²) in [5, 5.41) is 2.59. The fourth-order valence-electron chi connectivity index (χ4n) is 0.597. The molecule has 6 heteroatoms. The Labute approximate surface area is 89.9 Å². The van der Waals surface area contributed by atoms with Gasteiger partial charge in [-0.3, -0.25) is 9.59 Å². The number of carbonyl (C=O) groups excluding carboxylic acids is 2. The second-order valence-electron chi connectivity index (χ2n) is 2.23. The number of thioether (sulfide) groups is 1. The third kappa shape index (κ3) is 5.93. The van der Waals surface area contributed by atoms with Crippen LogP contribution in [0.5, 0.6) is 0 Å². The summed E-state index contributed by atoms with van der Waals surface area (Å²) in [6.07, 6.45) is 1.84. The topological polar surface area (TPSA) is 55.4 Å². The van der Waals surface area contributed by atoms with Crippen molar-refractivity contribution in [2.75, 3.05) is 25.7 Å². The Kier molecular flexibility index (Phi) is 7.07. The van der Waals surface area contributed by atoms with Crippen LogP contribution in [0.3, 0.4) is 0 Å². The van der Waals surface area contributed by atoms with Crippen molar-refractivity contribution < 1.29 is 14.3 Å². The van der Waals surface area contributed by atoms with Crippen LogP contribution in [0.25, 0.3) is 0 Å². The van der Waals surface area contributed by atoms with Crippen LogP contribution in [-0.2, 0) is 14.3 Å². The van der Waals surface area contributed by atoms with Gasteiger partial charge in [0, 0.05) is 6.54 Å². The van der Waals surface area contributed by atoms with Crippen LogP contribution >= 0.6 is 27.7 Å². The van der Waals surface area contributed by atoms with Gasteiger partial charge in [-0.15, -0.1) is 0 Å². The summed E-state index contributed by atoms with van der Waals surface area (Å²) in [6.45, 7) is 0.256. The minimum absolute atomic E-state index is 0.0825. The Bertz CT molecular complexity index is 189. The summed E-state index contributed by atoms with van der Waals surface area (Å²) >= 11 is 4.52. The first-order valence-electron chi connectivity index (χ1n) is 3.59. The maximum atomic E-state index is 11.0. The van der Waals surface area contributed by atoms with E-state index in [0.29, 0.717) is 5.75 Å². The molecule has 0 fully saturated rings. The average Bonchev–Trinajstić information content (AvgIpc) is 2.13. The fourth-order valence-corrected chi connectivity index (χ4v) is 1.31. The zero-order valence-corrected chi connectivity index (χ0v) is 9.91. The molecule has 0 aliphatic rings. The number of nitrogens with one attached hydrogen (secondary N) is 1. The van der Waals surface area contributed by atoms with Gasteiger partial charge in [0.1, 0.15) is 4.83 Å². The van der Waals surface area contributed by atoms with Crippen LogP contribution in [0.1, 0.15) is 0 Å². The number of rotatable bonds is 5. The Morgan fingerprint density at radius 1 is 1.62 bits per heavy atom. The second-order valence-corrected chi connectivity index (χ2v) is 4.20. The van der Waals surface area contributed by atoms with Crippen molar-refractivity contribution in [1.29, 1.82) is 0 Å². The normalized spacial score (nSPS) is 11.9. The molecule has 0 aromatic carbocycles. The molecule has 0 aromatic heterocycles. The fraction of sp³-hybridized carbons (Fsp3) is 0.714. The van der Waals surface area contributed by atoms with Crippen molar-refractivity contribution in [3.8, 4) is 0 Å². The highest BCUT2D eigenvalue weighted by molar-refractivity contribution is 9.10. The number of methoxy groups -OCH3 is 1. The number of alkyl halides is 1. The number of hydrogen-bond acceptors (Lipinski definition) is 4. The lowest BCUT2D eigenvalue weighted by molar-refractivity contribution is -0.139. The average molecular weight is 270 g/mol. The van der Waals surface area contributed by atoms with Gasteiger partial charge in [-0.1, -0.05) is 15.9 Å². The first-order chi connectivity index (χ1) is 6.11. The van der Waals surface area contributed by atoms with Crippen molar-refractivity contribution in [1.82, 2.24) is 5.32 Å². The molecule has 1 unspecified atom stereocenters. The summed E-state index contributed by atoms with van der Waals surface area (Å²) in [5.74, 6) is -0.0636. The number of amides is 1. The van der Waals surface area contributed by atoms with E-state index in [-0.39, 0.29) is 18.4 Å². The Balaban J connectivity index is 3.63. The standard InChI is InChI=1S/C7H12BrNO3S/c1-12-7(11)5(8)3-9-6(10)4-13-2/h5H,3-4H2,1-2H3,(H,9,10). The van der Waals surface area contributed by atoms with Gasteiger partial charge in [-0.05, 0) is 6.26 Å². The molecule has 0 aromatic rings. The van der Waals surface area contributed by atoms with Gasteiger partial charge in [0.2, 0.25) is 5.91 Å². The molecule has 1 amide bonds. The van der Waals surface area contributed by atoms with E-state index in [1.165, 1.54) is 18.9 Å². The zero-order chi connectivity index (χ0) is 10.3. The van der Waals surface area contributed by atoms with Gasteiger partial charge in [0.15, 0.2) is 0 Å². The minimum atomic E-state index is -0.469. The second kappa shape index (κ2) is 7.20. The van der Waals surface area contributed by atoms with E-state index >= 15 is 0 Å². The summed E-state index contributed by atoms with van der Waals surface area (Å²) in [5.41, 5.74) is 0. The van der Waals surface area contributed by atoms with Crippen LogP contribution < -0.4 is 5.32 Å². The molecule has 1 atom stereocenters. The first kappa shape index (κ1) is 12.8. The maximum absolute atomic E-state index is 11.0. The van der Waals surface area contributed by atoms with E-state index in [1.54, 1.807) is 0 Å². The third-order valence-corrected chi connectivity index (χ3v) is 2.46. The highest BCUT2D eigenvalue weighted by Gasteiger charge is 2.15. The molecule has 0 spiro atoms. The van der Waals surface area contributed by atoms with E-state index in [4.69, 9.17) is 0 Å². The Morgan fingerprint density at radius 3 is 2.69 bits per heavy atom. The molecule has 0 bridgehead atoms. The van der Waals surface area contributed by atoms with Gasteiger partial charge < -0.3 is 10.1 Å². The lowest BCUT2D eigenvalue weighted by Gasteiger charge is -2.08. The SMILES string of the molecule is COC(=O)C(Br)CNC(=O)CSC. The summed E-state index contributed by atoms with van der Waals surface area (Å²) in [4.78, 5) is 21.3. The van der Waals surface area contributed by atoms with Crippen molar-refractivity contribution in [3.05, 3.63) is 0 Å². The summed E-state index contributed by atoms with van der Waals surface area (Å²) in [6, 6.07) is 0. The predicted octanol–water partition coefficient (Wildman–Crippen LogP) is 0.402. The molecule has 0 saturated heterocycles. The molecule has 4 nitrogen and oxygen atoms in total. The molecular formula is C7H12BrNO3S. The molecule has 1 N–H and O–H groups in total. The van der Waals surface area contributed by atoms with E-state index in [9.17, 15) is 9.59 Å². The monoisotopic (exact) mass is 269 g/mol. The Morgan fingerprint density at radius 2 is 2.23 bits per heavy atom. The van der Waals surface area contributed by atoms with Crippen LogP contribution in [0, 0.1) is 0 Å². The van der Waals surface area contributed by atoms with Gasteiger partial charge in [-0.25, -0.2) is 0 Å². The first-order valence-corrected chi connectivity index (χ1v) is 5.90. The number of hydrogen-bond donors (Lipinski definition) is 1. The number of halogens is 1. The van der Waals surface area contributed by atoms with Gasteiger partial charge in [0.05, 0.1) is 12.9 Å². The Hall–Kier alpha value is -0.230. The van der Waals surface area contributed by atoms with E-state index in [0.717, 1.165) is 0 Å². The van der Waals surface area contributed by atoms with Crippen molar-refractivity contribution in [2.24, 2.45) is 0 Å². The number of ether oxygens (including phenoxy) is 1. The van der Waals surface area contributed by atoms with Crippen molar-refractivity contribution in [3.63, 3.8) is 0 Å². The van der Waals surface area contributed by atoms with Crippen LogP contribution in [-0.4, -0.2) is 42.4 Å². The molecule has 0 heterocycles. The highest BCUT2D eigenvalue weighted by atomic mass is 79.9. The van der Waals surface area contributed by atoms with Gasteiger partial charge in [-0.2, -0.15) is 11.8 Å². The van der Waals surface area contributed by atoms with Crippen molar-refractivity contribution in [2.45, 2.75) is 4.83 Å². The molecule has 76 valence electrons. The van der Waals surface area contributed by atoms with E-state index < -0.39 is 4.83 Å². The molecule has 0 aliphatic heterocycles. The molecular weight excluding hydrogens is 258 g/mol. The molecule has 0 rings (SSSR count). The van der Waals surface area contributed by atoms with E-state index in [2.05, 4.69) is 26.0 Å². The quantitative estimate of drug-likeness (QED) is 0.580. The molecule has 0 radical (unpaired) electrons. The van der Waals surface area contributed by atoms with Crippen LogP contribution in [0.4, 0.5) is 0 Å². The lowest BCUT2D eigenvalue weighted by atomic mass is 10.4. The summed E-state index contributed by atoms with van der Waals surface area (Å²) < 4.78 is 4.46. The molecule has 0 saturated carbocycles. The largest absolute Gasteiger partial charge is 0.468 e. The molecule has 13 heavy (non-hydrogen) atoms. The highest BCUT2D eigenvalue weighted by Crippen LogP contribution is 2.00. The zero-order valence-electron chi connectivity index (χ0n) is 7.50. The number of carbonyl (C=O) groups is 2. The van der Waals surface area contributed by atoms with Gasteiger partial charge in [0.25, 0.3) is 0 Å². The van der Waals surface area contributed by atoms with Gasteiger partial charge >= 0.3 is 5.97 Å². The third-order valence-electron chi connectivity index (χ3n) is 1.21. The smallest absolute Gasteiger partial charge is 0.321 e.